The van der Waals surface area contributed by atoms with Gasteiger partial charge < -0.3 is 10.1 Å². The third-order valence-electron chi connectivity index (χ3n) is 2.18. The van der Waals surface area contributed by atoms with E-state index in [0.717, 1.165) is 10.6 Å². The molecular formula is C12H16N2OS. The maximum atomic E-state index is 9.14. The molecule has 0 aliphatic heterocycles. The Bertz CT molecular complexity index is 387. The monoisotopic (exact) mass is 236 g/mol. The summed E-state index contributed by atoms with van der Waals surface area (Å²) in [5.41, 5.74) is 1.58. The van der Waals surface area contributed by atoms with E-state index in [2.05, 4.69) is 11.4 Å². The van der Waals surface area contributed by atoms with Crippen LogP contribution in [-0.4, -0.2) is 26.0 Å². The molecule has 0 amide bonds. The topological polar surface area (TPSA) is 45.0 Å². The highest BCUT2D eigenvalue weighted by molar-refractivity contribution is 7.98. The van der Waals surface area contributed by atoms with Gasteiger partial charge in [0.1, 0.15) is 6.07 Å². The van der Waals surface area contributed by atoms with Crippen molar-refractivity contribution in [3.8, 4) is 6.07 Å². The number of nitriles is 1. The Balaban J connectivity index is 2.92. The van der Waals surface area contributed by atoms with Gasteiger partial charge >= 0.3 is 0 Å². The first kappa shape index (κ1) is 12.9. The highest BCUT2D eigenvalue weighted by Gasteiger charge is 2.09. The Hall–Kier alpha value is -1.18. The Morgan fingerprint density at radius 3 is 2.88 bits per heavy atom. The third kappa shape index (κ3) is 3.16. The highest BCUT2D eigenvalue weighted by atomic mass is 32.2. The standard InChI is InChI=1S/C12H16N2OS/c1-9(8-15-2)14-11-5-4-6-12(16-3)10(11)7-13/h4-6,9,14H,8H2,1-3H3. The number of hydrogen-bond acceptors (Lipinski definition) is 4. The van der Waals surface area contributed by atoms with Gasteiger partial charge in [0.2, 0.25) is 0 Å². The van der Waals surface area contributed by atoms with Gasteiger partial charge in [0.15, 0.2) is 0 Å². The van der Waals surface area contributed by atoms with E-state index < -0.39 is 0 Å². The van der Waals surface area contributed by atoms with Crippen LogP contribution in [0.5, 0.6) is 0 Å². The molecule has 0 aliphatic rings. The van der Waals surface area contributed by atoms with Gasteiger partial charge in [0.25, 0.3) is 0 Å². The van der Waals surface area contributed by atoms with E-state index in [1.807, 2.05) is 31.4 Å². The van der Waals surface area contributed by atoms with E-state index in [1.54, 1.807) is 18.9 Å². The van der Waals surface area contributed by atoms with Gasteiger partial charge in [-0.2, -0.15) is 5.26 Å². The van der Waals surface area contributed by atoms with Crippen LogP contribution in [0.25, 0.3) is 0 Å². The van der Waals surface area contributed by atoms with Crippen LogP contribution in [0.4, 0.5) is 5.69 Å². The number of rotatable bonds is 5. The van der Waals surface area contributed by atoms with Gasteiger partial charge in [-0.15, -0.1) is 11.8 Å². The summed E-state index contributed by atoms with van der Waals surface area (Å²) in [7, 11) is 1.67. The average molecular weight is 236 g/mol. The molecule has 0 fully saturated rings. The molecule has 0 heterocycles. The summed E-state index contributed by atoms with van der Waals surface area (Å²) in [4.78, 5) is 0.997. The van der Waals surface area contributed by atoms with Gasteiger partial charge in [-0.1, -0.05) is 6.07 Å². The second-order valence-electron chi connectivity index (χ2n) is 3.50. The van der Waals surface area contributed by atoms with Crippen LogP contribution in [0.3, 0.4) is 0 Å². The molecular weight excluding hydrogens is 220 g/mol. The van der Waals surface area contributed by atoms with Crippen molar-refractivity contribution < 1.29 is 4.74 Å². The molecule has 0 saturated heterocycles. The van der Waals surface area contributed by atoms with Crippen LogP contribution >= 0.6 is 11.8 Å². The number of ether oxygens (including phenoxy) is 1. The number of methoxy groups -OCH3 is 1. The summed E-state index contributed by atoms with van der Waals surface area (Å²) in [5, 5.41) is 12.4. The fourth-order valence-corrected chi connectivity index (χ4v) is 2.07. The van der Waals surface area contributed by atoms with E-state index in [-0.39, 0.29) is 6.04 Å². The zero-order valence-corrected chi connectivity index (χ0v) is 10.6. The molecule has 0 saturated carbocycles. The van der Waals surface area contributed by atoms with Crippen molar-refractivity contribution in [3.63, 3.8) is 0 Å². The molecule has 1 unspecified atom stereocenters. The first-order chi connectivity index (χ1) is 7.72. The molecule has 0 bridgehead atoms. The summed E-state index contributed by atoms with van der Waals surface area (Å²) >= 11 is 1.58. The highest BCUT2D eigenvalue weighted by Crippen LogP contribution is 2.26. The summed E-state index contributed by atoms with van der Waals surface area (Å²) in [6.45, 7) is 2.64. The van der Waals surface area contributed by atoms with Crippen molar-refractivity contribution in [2.75, 3.05) is 25.3 Å². The lowest BCUT2D eigenvalue weighted by Gasteiger charge is -2.16. The minimum absolute atomic E-state index is 0.189. The number of nitrogens with zero attached hydrogens (tertiary/aromatic N) is 1. The minimum atomic E-state index is 0.189. The Morgan fingerprint density at radius 2 is 2.31 bits per heavy atom. The largest absolute Gasteiger partial charge is 0.383 e. The van der Waals surface area contributed by atoms with Gasteiger partial charge in [-0.3, -0.25) is 0 Å². The molecule has 4 heteroatoms. The second-order valence-corrected chi connectivity index (χ2v) is 4.34. The van der Waals surface area contributed by atoms with Crippen molar-refractivity contribution in [3.05, 3.63) is 23.8 Å². The normalized spacial score (nSPS) is 11.9. The molecule has 3 nitrogen and oxygen atoms in total. The van der Waals surface area contributed by atoms with E-state index in [9.17, 15) is 0 Å². The Labute approximate surface area is 101 Å². The summed E-state index contributed by atoms with van der Waals surface area (Å²) in [6.07, 6.45) is 1.97. The zero-order valence-electron chi connectivity index (χ0n) is 9.78. The maximum Gasteiger partial charge on any atom is 0.102 e. The Kier molecular flexibility index (Phi) is 5.17. The van der Waals surface area contributed by atoms with Crippen LogP contribution in [0.1, 0.15) is 12.5 Å². The predicted octanol–water partition coefficient (Wildman–Crippen LogP) is 2.73. The molecule has 0 spiro atoms. The number of anilines is 1. The van der Waals surface area contributed by atoms with Crippen LogP contribution in [-0.2, 0) is 4.74 Å². The lowest BCUT2D eigenvalue weighted by Crippen LogP contribution is -2.21. The van der Waals surface area contributed by atoms with Crippen molar-refractivity contribution in [1.29, 1.82) is 5.26 Å². The summed E-state index contributed by atoms with van der Waals surface area (Å²) in [5.74, 6) is 0. The number of thioether (sulfide) groups is 1. The molecule has 1 N–H and O–H groups in total. The van der Waals surface area contributed by atoms with Gasteiger partial charge in [0.05, 0.1) is 17.9 Å². The fraction of sp³-hybridized carbons (Fsp3) is 0.417. The van der Waals surface area contributed by atoms with E-state index >= 15 is 0 Å². The molecule has 1 atom stereocenters. The lowest BCUT2D eigenvalue weighted by atomic mass is 10.2. The molecule has 0 aliphatic carbocycles. The molecule has 86 valence electrons. The minimum Gasteiger partial charge on any atom is -0.383 e. The molecule has 1 aromatic carbocycles. The summed E-state index contributed by atoms with van der Waals surface area (Å²) in [6, 6.07) is 8.26. The van der Waals surface area contributed by atoms with Gasteiger partial charge in [0, 0.05) is 18.0 Å². The maximum absolute atomic E-state index is 9.14. The van der Waals surface area contributed by atoms with Gasteiger partial charge in [-0.25, -0.2) is 0 Å². The van der Waals surface area contributed by atoms with Crippen LogP contribution < -0.4 is 5.32 Å². The van der Waals surface area contributed by atoms with Crippen molar-refractivity contribution in [1.82, 2.24) is 0 Å². The Morgan fingerprint density at radius 1 is 1.56 bits per heavy atom. The first-order valence-corrected chi connectivity index (χ1v) is 6.28. The third-order valence-corrected chi connectivity index (χ3v) is 2.96. The summed E-state index contributed by atoms with van der Waals surface area (Å²) < 4.78 is 5.06. The van der Waals surface area contributed by atoms with Gasteiger partial charge in [-0.05, 0) is 25.3 Å². The molecule has 0 aromatic heterocycles. The average Bonchev–Trinajstić information content (AvgIpc) is 2.29. The fourth-order valence-electron chi connectivity index (χ4n) is 1.49. The number of benzene rings is 1. The van der Waals surface area contributed by atoms with Crippen LogP contribution in [0.15, 0.2) is 23.1 Å². The number of hydrogen-bond donors (Lipinski definition) is 1. The van der Waals surface area contributed by atoms with Crippen molar-refractivity contribution in [2.24, 2.45) is 0 Å². The van der Waals surface area contributed by atoms with Crippen molar-refractivity contribution in [2.45, 2.75) is 17.9 Å². The SMILES string of the molecule is COCC(C)Nc1cccc(SC)c1C#N. The lowest BCUT2D eigenvalue weighted by molar-refractivity contribution is 0.190. The molecule has 0 radical (unpaired) electrons. The van der Waals surface area contributed by atoms with E-state index in [1.165, 1.54) is 0 Å². The predicted molar refractivity (Wildman–Crippen MR) is 67.9 cm³/mol. The van der Waals surface area contributed by atoms with Crippen LogP contribution in [0, 0.1) is 11.3 Å². The quantitative estimate of drug-likeness (QED) is 0.798. The van der Waals surface area contributed by atoms with Crippen LogP contribution in [0.2, 0.25) is 0 Å². The molecule has 16 heavy (non-hydrogen) atoms. The molecule has 1 rings (SSSR count). The second kappa shape index (κ2) is 6.41. The van der Waals surface area contributed by atoms with E-state index in [0.29, 0.717) is 12.2 Å². The van der Waals surface area contributed by atoms with Crippen molar-refractivity contribution >= 4 is 17.4 Å². The first-order valence-electron chi connectivity index (χ1n) is 5.05. The van der Waals surface area contributed by atoms with E-state index in [4.69, 9.17) is 10.00 Å². The smallest absolute Gasteiger partial charge is 0.102 e. The number of nitrogens with one attached hydrogen (secondary N) is 1. The molecule has 1 aromatic rings. The zero-order chi connectivity index (χ0) is 12.0.